The Morgan fingerprint density at radius 1 is 1.42 bits per heavy atom. The van der Waals surface area contributed by atoms with Crippen molar-refractivity contribution in [2.45, 2.75) is 57.9 Å². The lowest BCUT2D eigenvalue weighted by Crippen LogP contribution is -2.35. The molecule has 5 nitrogen and oxygen atoms in total. The highest BCUT2D eigenvalue weighted by molar-refractivity contribution is 5.40. The molecule has 1 heterocycles. The van der Waals surface area contributed by atoms with Crippen LogP contribution in [0.5, 0.6) is 5.75 Å². The second-order valence-electron chi connectivity index (χ2n) is 5.25. The van der Waals surface area contributed by atoms with E-state index in [1.54, 1.807) is 13.1 Å². The van der Waals surface area contributed by atoms with E-state index in [1.807, 2.05) is 0 Å². The van der Waals surface area contributed by atoms with Gasteiger partial charge in [0.2, 0.25) is 0 Å². The van der Waals surface area contributed by atoms with Crippen molar-refractivity contribution in [1.29, 1.82) is 0 Å². The normalized spacial score (nSPS) is 23.5. The molecule has 0 spiro atoms. The van der Waals surface area contributed by atoms with Crippen molar-refractivity contribution in [3.05, 3.63) is 23.0 Å². The first-order valence-corrected chi connectivity index (χ1v) is 6.80. The molecule has 0 bridgehead atoms. The lowest BCUT2D eigenvalue weighted by Gasteiger charge is -2.27. The number of nitrogens with zero attached hydrogens (tertiary/aromatic N) is 1. The van der Waals surface area contributed by atoms with Crippen LogP contribution in [0.25, 0.3) is 0 Å². The lowest BCUT2D eigenvalue weighted by atomic mass is 9.93. The van der Waals surface area contributed by atoms with Crippen LogP contribution in [-0.2, 0) is 13.2 Å². The van der Waals surface area contributed by atoms with Gasteiger partial charge in [-0.05, 0) is 32.6 Å². The first-order chi connectivity index (χ1) is 9.11. The average molecular weight is 266 g/mol. The molecule has 1 saturated carbocycles. The van der Waals surface area contributed by atoms with Crippen LogP contribution in [0.2, 0.25) is 0 Å². The molecular weight excluding hydrogens is 244 g/mol. The number of rotatable bonds is 4. The molecule has 2 atom stereocenters. The molecule has 0 radical (unpaired) electrons. The molecule has 1 aliphatic rings. The van der Waals surface area contributed by atoms with Crippen LogP contribution >= 0.6 is 0 Å². The third-order valence-electron chi connectivity index (χ3n) is 3.81. The second-order valence-corrected chi connectivity index (χ2v) is 5.25. The minimum Gasteiger partial charge on any atom is -0.506 e. The molecule has 0 amide bonds. The third kappa shape index (κ3) is 3.43. The summed E-state index contributed by atoms with van der Waals surface area (Å²) in [6.07, 6.45) is 5.06. The molecule has 106 valence electrons. The van der Waals surface area contributed by atoms with Gasteiger partial charge in [0, 0.05) is 29.9 Å². The zero-order chi connectivity index (χ0) is 13.8. The van der Waals surface area contributed by atoms with Gasteiger partial charge in [-0.25, -0.2) is 0 Å². The van der Waals surface area contributed by atoms with Gasteiger partial charge < -0.3 is 20.6 Å². The fourth-order valence-corrected chi connectivity index (χ4v) is 2.61. The number of aliphatic hydroxyl groups excluding tert-OH is 2. The van der Waals surface area contributed by atoms with Gasteiger partial charge in [-0.2, -0.15) is 0 Å². The molecule has 1 aliphatic carbocycles. The summed E-state index contributed by atoms with van der Waals surface area (Å²) in [7, 11) is 0. The highest BCUT2D eigenvalue weighted by atomic mass is 16.3. The highest BCUT2D eigenvalue weighted by Gasteiger charge is 2.20. The predicted octanol–water partition coefficient (Wildman–Crippen LogP) is 0.981. The maximum Gasteiger partial charge on any atom is 0.141 e. The van der Waals surface area contributed by atoms with E-state index in [1.165, 1.54) is 0 Å². The van der Waals surface area contributed by atoms with Crippen LogP contribution < -0.4 is 5.32 Å². The summed E-state index contributed by atoms with van der Waals surface area (Å²) in [5.74, 6) is 0.149. The van der Waals surface area contributed by atoms with Crippen LogP contribution in [0.4, 0.5) is 0 Å². The molecule has 1 fully saturated rings. The Kier molecular flexibility index (Phi) is 4.74. The van der Waals surface area contributed by atoms with Crippen LogP contribution in [0.15, 0.2) is 6.20 Å². The van der Waals surface area contributed by atoms with Gasteiger partial charge in [0.05, 0.1) is 18.4 Å². The minimum absolute atomic E-state index is 0.134. The minimum atomic E-state index is -0.226. The number of pyridine rings is 1. The standard InChI is InChI=1S/C14H22N2O3/c1-9-14(19)13(10(8-17)6-15-9)7-16-11-3-2-4-12(18)5-11/h6,11-12,16-19H,2-5,7-8H2,1H3. The monoisotopic (exact) mass is 266 g/mol. The topological polar surface area (TPSA) is 85.6 Å². The zero-order valence-corrected chi connectivity index (χ0v) is 11.3. The summed E-state index contributed by atoms with van der Waals surface area (Å²) in [6, 6.07) is 0.267. The van der Waals surface area contributed by atoms with Crippen molar-refractivity contribution in [1.82, 2.24) is 10.3 Å². The number of aryl methyl sites for hydroxylation is 1. The number of aromatic nitrogens is 1. The molecule has 2 rings (SSSR count). The summed E-state index contributed by atoms with van der Waals surface area (Å²) >= 11 is 0. The molecule has 4 N–H and O–H groups in total. The fourth-order valence-electron chi connectivity index (χ4n) is 2.61. The van der Waals surface area contributed by atoms with Crippen LogP contribution in [-0.4, -0.2) is 32.4 Å². The van der Waals surface area contributed by atoms with Crippen molar-refractivity contribution in [3.8, 4) is 5.75 Å². The lowest BCUT2D eigenvalue weighted by molar-refractivity contribution is 0.111. The molecule has 1 aromatic rings. The molecule has 0 aromatic carbocycles. The van der Waals surface area contributed by atoms with Gasteiger partial charge in [0.15, 0.2) is 0 Å². The van der Waals surface area contributed by atoms with Crippen LogP contribution in [0.1, 0.15) is 42.5 Å². The molecule has 5 heteroatoms. The first-order valence-electron chi connectivity index (χ1n) is 6.80. The van der Waals surface area contributed by atoms with E-state index in [-0.39, 0.29) is 24.5 Å². The largest absolute Gasteiger partial charge is 0.506 e. The van der Waals surface area contributed by atoms with Gasteiger partial charge in [-0.15, -0.1) is 0 Å². The summed E-state index contributed by atoms with van der Waals surface area (Å²) in [6.45, 7) is 2.10. The zero-order valence-electron chi connectivity index (χ0n) is 11.3. The highest BCUT2D eigenvalue weighted by Crippen LogP contribution is 2.25. The third-order valence-corrected chi connectivity index (χ3v) is 3.81. The van der Waals surface area contributed by atoms with Crippen LogP contribution in [0.3, 0.4) is 0 Å². The number of hydrogen-bond acceptors (Lipinski definition) is 5. The number of hydrogen-bond donors (Lipinski definition) is 4. The van der Waals surface area contributed by atoms with E-state index in [0.717, 1.165) is 25.7 Å². The van der Waals surface area contributed by atoms with E-state index in [2.05, 4.69) is 10.3 Å². The quantitative estimate of drug-likeness (QED) is 0.653. The molecule has 1 aromatic heterocycles. The van der Waals surface area contributed by atoms with Crippen molar-refractivity contribution >= 4 is 0 Å². The molecule has 0 aliphatic heterocycles. The van der Waals surface area contributed by atoms with Gasteiger partial charge in [-0.1, -0.05) is 0 Å². The van der Waals surface area contributed by atoms with Gasteiger partial charge in [0.25, 0.3) is 0 Å². The van der Waals surface area contributed by atoms with E-state index in [9.17, 15) is 15.3 Å². The smallest absolute Gasteiger partial charge is 0.141 e. The number of aliphatic hydroxyl groups is 2. The van der Waals surface area contributed by atoms with E-state index in [4.69, 9.17) is 0 Å². The maximum atomic E-state index is 10.0. The first kappa shape index (κ1) is 14.2. The van der Waals surface area contributed by atoms with Crippen LogP contribution in [0, 0.1) is 6.92 Å². The Hall–Kier alpha value is -1.17. The van der Waals surface area contributed by atoms with E-state index >= 15 is 0 Å². The average Bonchev–Trinajstić information content (AvgIpc) is 2.40. The molecule has 2 unspecified atom stereocenters. The van der Waals surface area contributed by atoms with Gasteiger partial charge in [-0.3, -0.25) is 4.98 Å². The predicted molar refractivity (Wildman–Crippen MR) is 71.7 cm³/mol. The van der Waals surface area contributed by atoms with Crippen molar-refractivity contribution < 1.29 is 15.3 Å². The summed E-state index contributed by atoms with van der Waals surface area (Å²) in [5.41, 5.74) is 1.92. The maximum absolute atomic E-state index is 10.0. The molecule has 0 saturated heterocycles. The van der Waals surface area contributed by atoms with E-state index < -0.39 is 0 Å². The van der Waals surface area contributed by atoms with Gasteiger partial charge in [0.1, 0.15) is 5.75 Å². The SMILES string of the molecule is Cc1ncc(CO)c(CNC2CCCC(O)C2)c1O. The Labute approximate surface area is 113 Å². The number of aromatic hydroxyl groups is 1. The molecular formula is C14H22N2O3. The fraction of sp³-hybridized carbons (Fsp3) is 0.643. The Morgan fingerprint density at radius 3 is 2.89 bits per heavy atom. The summed E-state index contributed by atoms with van der Waals surface area (Å²) < 4.78 is 0. The van der Waals surface area contributed by atoms with Crippen molar-refractivity contribution in [2.24, 2.45) is 0 Å². The summed E-state index contributed by atoms with van der Waals surface area (Å²) in [4.78, 5) is 4.04. The molecule has 19 heavy (non-hydrogen) atoms. The Morgan fingerprint density at radius 2 is 2.21 bits per heavy atom. The van der Waals surface area contributed by atoms with E-state index in [0.29, 0.717) is 23.4 Å². The van der Waals surface area contributed by atoms with Crippen molar-refractivity contribution in [3.63, 3.8) is 0 Å². The Bertz CT molecular complexity index is 437. The second kappa shape index (κ2) is 6.32. The van der Waals surface area contributed by atoms with Gasteiger partial charge >= 0.3 is 0 Å². The number of nitrogens with one attached hydrogen (secondary N) is 1. The summed E-state index contributed by atoms with van der Waals surface area (Å²) in [5, 5.41) is 32.3. The van der Waals surface area contributed by atoms with Crippen molar-refractivity contribution in [2.75, 3.05) is 0 Å². The Balaban J connectivity index is 2.04.